The number of nitrogens with zero attached hydrogens (tertiary/aromatic N) is 3. The summed E-state index contributed by atoms with van der Waals surface area (Å²) < 4.78 is 8.66. The van der Waals surface area contributed by atoms with Crippen molar-refractivity contribution in [3.8, 4) is 0 Å². The molecule has 0 fully saturated rings. The van der Waals surface area contributed by atoms with E-state index in [1.165, 1.54) is 4.57 Å². The number of unbranched alkanes of at least 4 members (excludes halogenated alkanes) is 2. The van der Waals surface area contributed by atoms with Crippen LogP contribution in [0.4, 0.5) is 0 Å². The summed E-state index contributed by atoms with van der Waals surface area (Å²) >= 11 is 0. The number of nitrogens with two attached hydrogens (primary N) is 1. The Hall–Kier alpha value is -2.53. The first-order chi connectivity index (χ1) is 17.8. The number of rotatable bonds is 17. The van der Waals surface area contributed by atoms with Crippen molar-refractivity contribution < 1.29 is 14.3 Å². The monoisotopic (exact) mass is 520 g/mol. The Balaban J connectivity index is 0.000000856. The SMILES string of the molecule is CNC(=O)CCC(C=O)n1c(=O)n(C)c2cc(CCCCOCCCCN)ccc21.CNCCN(C)C. The average molecular weight is 521 g/mol. The molecule has 0 aliphatic heterocycles. The second-order valence-corrected chi connectivity index (χ2v) is 9.42. The number of amides is 1. The lowest BCUT2D eigenvalue weighted by molar-refractivity contribution is -0.121. The molecular formula is C27H48N6O4. The molecule has 0 spiro atoms. The van der Waals surface area contributed by atoms with E-state index in [4.69, 9.17) is 10.5 Å². The van der Waals surface area contributed by atoms with Gasteiger partial charge in [0.05, 0.1) is 17.1 Å². The van der Waals surface area contributed by atoms with Crippen LogP contribution in [0.3, 0.4) is 0 Å². The molecule has 2 aromatic rings. The Morgan fingerprint density at radius 3 is 2.41 bits per heavy atom. The maximum Gasteiger partial charge on any atom is 0.329 e. The van der Waals surface area contributed by atoms with Gasteiger partial charge in [-0.25, -0.2) is 4.79 Å². The lowest BCUT2D eigenvalue weighted by atomic mass is 10.1. The zero-order valence-corrected chi connectivity index (χ0v) is 23.4. The summed E-state index contributed by atoms with van der Waals surface area (Å²) in [5, 5.41) is 5.60. The van der Waals surface area contributed by atoms with E-state index in [1.807, 2.05) is 25.2 Å². The Bertz CT molecular complexity index is 985. The van der Waals surface area contributed by atoms with E-state index in [0.717, 1.165) is 75.8 Å². The number of likely N-dealkylation sites (N-methyl/N-ethyl adjacent to an activating group) is 2. The summed E-state index contributed by atoms with van der Waals surface area (Å²) in [6, 6.07) is 5.24. The lowest BCUT2D eigenvalue weighted by Gasteiger charge is -2.12. The minimum atomic E-state index is -0.666. The number of carbonyl (C=O) groups is 2. The Labute approximate surface area is 221 Å². The Morgan fingerprint density at radius 1 is 1.14 bits per heavy atom. The molecule has 10 heteroatoms. The van der Waals surface area contributed by atoms with E-state index in [2.05, 4.69) is 29.6 Å². The van der Waals surface area contributed by atoms with Gasteiger partial charge in [0.15, 0.2) is 0 Å². The lowest BCUT2D eigenvalue weighted by Crippen LogP contribution is -2.28. The van der Waals surface area contributed by atoms with Crippen molar-refractivity contribution in [1.82, 2.24) is 24.7 Å². The third-order valence-electron chi connectivity index (χ3n) is 6.14. The van der Waals surface area contributed by atoms with Crippen molar-refractivity contribution >= 4 is 23.2 Å². The number of fused-ring (bicyclic) bond motifs is 1. The molecule has 2 rings (SSSR count). The minimum Gasteiger partial charge on any atom is -0.381 e. The van der Waals surface area contributed by atoms with Crippen LogP contribution < -0.4 is 22.1 Å². The molecule has 0 saturated heterocycles. The summed E-state index contributed by atoms with van der Waals surface area (Å²) in [6.45, 7) is 4.41. The number of hydrogen-bond acceptors (Lipinski definition) is 7. The molecule has 0 aliphatic rings. The molecule has 0 aliphatic carbocycles. The van der Waals surface area contributed by atoms with Crippen LogP contribution in [0.1, 0.15) is 50.1 Å². The first-order valence-electron chi connectivity index (χ1n) is 13.2. The second-order valence-electron chi connectivity index (χ2n) is 9.42. The van der Waals surface area contributed by atoms with Crippen LogP contribution in [-0.4, -0.2) is 87.3 Å². The highest BCUT2D eigenvalue weighted by atomic mass is 16.5. The summed E-state index contributed by atoms with van der Waals surface area (Å²) in [4.78, 5) is 38.1. The number of hydrogen-bond donors (Lipinski definition) is 3. The molecule has 1 aromatic heterocycles. The van der Waals surface area contributed by atoms with Crippen molar-refractivity contribution in [1.29, 1.82) is 0 Å². The Kier molecular flexibility index (Phi) is 16.4. The van der Waals surface area contributed by atoms with Crippen molar-refractivity contribution in [2.75, 3.05) is 61.0 Å². The fraction of sp³-hybridized carbons (Fsp3) is 0.667. The maximum atomic E-state index is 12.8. The third kappa shape index (κ3) is 11.6. The molecular weight excluding hydrogens is 472 g/mol. The van der Waals surface area contributed by atoms with Gasteiger partial charge < -0.3 is 30.8 Å². The molecule has 10 nitrogen and oxygen atoms in total. The minimum absolute atomic E-state index is 0.152. The van der Waals surface area contributed by atoms with Crippen LogP contribution >= 0.6 is 0 Å². The smallest absolute Gasteiger partial charge is 0.329 e. The van der Waals surface area contributed by atoms with E-state index < -0.39 is 6.04 Å². The molecule has 0 saturated carbocycles. The van der Waals surface area contributed by atoms with E-state index in [0.29, 0.717) is 12.1 Å². The van der Waals surface area contributed by atoms with E-state index in [-0.39, 0.29) is 24.4 Å². The first-order valence-corrected chi connectivity index (χ1v) is 13.2. The van der Waals surface area contributed by atoms with Gasteiger partial charge in [-0.1, -0.05) is 6.07 Å². The van der Waals surface area contributed by atoms with Gasteiger partial charge in [-0.15, -0.1) is 0 Å². The molecule has 37 heavy (non-hydrogen) atoms. The quantitative estimate of drug-likeness (QED) is 0.213. The molecule has 1 aromatic carbocycles. The van der Waals surface area contributed by atoms with Gasteiger partial charge in [-0.3, -0.25) is 13.9 Å². The predicted molar refractivity (Wildman–Crippen MR) is 150 cm³/mol. The summed E-state index contributed by atoms with van der Waals surface area (Å²) in [7, 11) is 9.36. The van der Waals surface area contributed by atoms with Crippen LogP contribution in [0.25, 0.3) is 11.0 Å². The van der Waals surface area contributed by atoms with Crippen LogP contribution in [-0.2, 0) is 27.8 Å². The zero-order valence-electron chi connectivity index (χ0n) is 23.4. The number of carbonyl (C=O) groups excluding carboxylic acids is 2. The van der Waals surface area contributed by atoms with Gasteiger partial charge in [-0.05, 0) is 83.9 Å². The maximum absolute atomic E-state index is 12.8. The summed E-state index contributed by atoms with van der Waals surface area (Å²) in [5.74, 6) is -0.152. The second kappa shape index (κ2) is 18.7. The fourth-order valence-corrected chi connectivity index (χ4v) is 3.87. The number of nitrogens with one attached hydrogen (secondary N) is 2. The predicted octanol–water partition coefficient (Wildman–Crippen LogP) is 1.45. The number of aldehydes is 1. The molecule has 1 amide bonds. The van der Waals surface area contributed by atoms with Crippen LogP contribution in [0.5, 0.6) is 0 Å². The fourth-order valence-electron chi connectivity index (χ4n) is 3.87. The first kappa shape index (κ1) is 32.5. The van der Waals surface area contributed by atoms with Crippen molar-refractivity contribution in [2.45, 2.75) is 51.0 Å². The molecule has 4 N–H and O–H groups in total. The van der Waals surface area contributed by atoms with Crippen molar-refractivity contribution in [3.63, 3.8) is 0 Å². The molecule has 0 bridgehead atoms. The van der Waals surface area contributed by atoms with Crippen molar-refractivity contribution in [2.24, 2.45) is 12.8 Å². The van der Waals surface area contributed by atoms with Crippen LogP contribution in [0.15, 0.2) is 23.0 Å². The van der Waals surface area contributed by atoms with Gasteiger partial charge in [0.1, 0.15) is 6.29 Å². The van der Waals surface area contributed by atoms with Gasteiger partial charge in [-0.2, -0.15) is 0 Å². The average Bonchev–Trinajstić information content (AvgIpc) is 3.14. The highest BCUT2D eigenvalue weighted by molar-refractivity contribution is 5.79. The van der Waals surface area contributed by atoms with E-state index >= 15 is 0 Å². The number of benzene rings is 1. The third-order valence-corrected chi connectivity index (χ3v) is 6.14. The molecule has 210 valence electrons. The molecule has 0 radical (unpaired) electrons. The zero-order chi connectivity index (χ0) is 27.6. The molecule has 1 unspecified atom stereocenters. The number of ether oxygens (including phenoxy) is 1. The van der Waals surface area contributed by atoms with Gasteiger partial charge >= 0.3 is 5.69 Å². The summed E-state index contributed by atoms with van der Waals surface area (Å²) in [6.07, 6.45) is 6.09. The molecule has 1 heterocycles. The summed E-state index contributed by atoms with van der Waals surface area (Å²) in [5.41, 5.74) is 7.86. The van der Waals surface area contributed by atoms with Gasteiger partial charge in [0, 0.05) is 46.8 Å². The van der Waals surface area contributed by atoms with Crippen molar-refractivity contribution in [3.05, 3.63) is 34.2 Å². The largest absolute Gasteiger partial charge is 0.381 e. The van der Waals surface area contributed by atoms with Crippen LogP contribution in [0, 0.1) is 0 Å². The standard InChI is InChI=1S/C22H34N4O4.C5H14N2/c1-24-21(28)11-9-18(16-27)26-19-10-8-17(15-20(19)25(2)22(26)29)7-3-5-13-30-14-6-4-12-23;1-6-4-5-7(2)3/h8,10,15-16,18H,3-7,9,11-14,23H2,1-2H3,(H,24,28);6H,4-5H2,1-3H3. The normalized spacial score (nSPS) is 11.9. The number of imidazole rings is 1. The number of aromatic nitrogens is 2. The molecule has 1 atom stereocenters. The Morgan fingerprint density at radius 2 is 1.84 bits per heavy atom. The highest BCUT2D eigenvalue weighted by Gasteiger charge is 2.20. The van der Waals surface area contributed by atoms with Crippen LogP contribution in [0.2, 0.25) is 0 Å². The van der Waals surface area contributed by atoms with Gasteiger partial charge in [0.2, 0.25) is 5.91 Å². The topological polar surface area (TPSA) is 124 Å². The highest BCUT2D eigenvalue weighted by Crippen LogP contribution is 2.21. The van der Waals surface area contributed by atoms with Gasteiger partial charge in [0.25, 0.3) is 0 Å². The van der Waals surface area contributed by atoms with E-state index in [1.54, 1.807) is 18.7 Å². The van der Waals surface area contributed by atoms with E-state index in [9.17, 15) is 14.4 Å². The number of aryl methyl sites for hydroxylation is 2.